The molecule has 1 atom stereocenters. The van der Waals surface area contributed by atoms with Crippen molar-refractivity contribution in [2.24, 2.45) is 5.92 Å². The number of carboxylic acids is 2. The van der Waals surface area contributed by atoms with E-state index in [0.717, 1.165) is 12.8 Å². The van der Waals surface area contributed by atoms with Crippen molar-refractivity contribution in [2.45, 2.75) is 38.1 Å². The first-order chi connectivity index (χ1) is 9.99. The first-order valence-corrected chi connectivity index (χ1v) is 7.05. The number of carbonyl (C=O) groups is 3. The van der Waals surface area contributed by atoms with Gasteiger partial charge < -0.3 is 25.6 Å². The lowest BCUT2D eigenvalue weighted by Gasteiger charge is -2.22. The molecule has 8 heteroatoms. The number of nitrogens with one attached hydrogen (secondary N) is 2. The summed E-state index contributed by atoms with van der Waals surface area (Å²) < 4.78 is 5.21. The fourth-order valence-electron chi connectivity index (χ4n) is 2.11. The van der Waals surface area contributed by atoms with Crippen LogP contribution >= 0.6 is 0 Å². The van der Waals surface area contributed by atoms with Crippen LogP contribution in [0.4, 0.5) is 4.79 Å². The molecule has 0 aliphatic carbocycles. The molecule has 2 amide bonds. The van der Waals surface area contributed by atoms with Crippen LogP contribution in [0.3, 0.4) is 0 Å². The molecule has 120 valence electrons. The molecule has 1 fully saturated rings. The Morgan fingerprint density at radius 2 is 1.86 bits per heavy atom. The van der Waals surface area contributed by atoms with E-state index in [9.17, 15) is 14.4 Å². The van der Waals surface area contributed by atoms with Crippen LogP contribution in [0.5, 0.6) is 0 Å². The van der Waals surface area contributed by atoms with Crippen LogP contribution in [0.25, 0.3) is 0 Å². The predicted octanol–water partition coefficient (Wildman–Crippen LogP) is 0.420. The highest BCUT2D eigenvalue weighted by Crippen LogP contribution is 2.13. The maximum absolute atomic E-state index is 11.7. The molecule has 0 aromatic rings. The number of amides is 2. The first kappa shape index (κ1) is 17.2. The third-order valence-electron chi connectivity index (χ3n) is 3.38. The number of ether oxygens (including phenoxy) is 1. The standard InChI is InChI=1S/C13H22N2O6/c16-11(17)3-1-2-10(12(18)19)15-13(20)14-8-9-4-6-21-7-5-9/h9-10H,1-8H2,(H,16,17)(H,18,19)(H2,14,15,20)/t10-/m1/s1. The molecule has 21 heavy (non-hydrogen) atoms. The minimum atomic E-state index is -1.17. The number of rotatable bonds is 8. The summed E-state index contributed by atoms with van der Waals surface area (Å²) in [5.74, 6) is -1.80. The van der Waals surface area contributed by atoms with Gasteiger partial charge in [-0.1, -0.05) is 0 Å². The van der Waals surface area contributed by atoms with Gasteiger partial charge in [-0.3, -0.25) is 4.79 Å². The first-order valence-electron chi connectivity index (χ1n) is 7.05. The maximum Gasteiger partial charge on any atom is 0.326 e. The monoisotopic (exact) mass is 302 g/mol. The molecule has 0 radical (unpaired) electrons. The second-order valence-corrected chi connectivity index (χ2v) is 5.09. The number of hydrogen-bond donors (Lipinski definition) is 4. The van der Waals surface area contributed by atoms with Crippen LogP contribution in [-0.2, 0) is 14.3 Å². The molecular weight excluding hydrogens is 280 g/mol. The van der Waals surface area contributed by atoms with E-state index in [4.69, 9.17) is 14.9 Å². The third-order valence-corrected chi connectivity index (χ3v) is 3.38. The molecule has 0 aromatic heterocycles. The Labute approximate surface area is 122 Å². The van der Waals surface area contributed by atoms with E-state index in [1.807, 2.05) is 0 Å². The molecule has 0 aromatic carbocycles. The number of hydrogen-bond acceptors (Lipinski definition) is 4. The SMILES string of the molecule is O=C(O)CCC[C@@H](NC(=O)NCC1CCOCC1)C(=O)O. The Morgan fingerprint density at radius 1 is 1.19 bits per heavy atom. The molecule has 1 aliphatic rings. The van der Waals surface area contributed by atoms with E-state index >= 15 is 0 Å². The highest BCUT2D eigenvalue weighted by Gasteiger charge is 2.21. The van der Waals surface area contributed by atoms with E-state index in [2.05, 4.69) is 10.6 Å². The van der Waals surface area contributed by atoms with Crippen molar-refractivity contribution in [1.29, 1.82) is 0 Å². The van der Waals surface area contributed by atoms with Gasteiger partial charge in [-0.15, -0.1) is 0 Å². The lowest BCUT2D eigenvalue weighted by Crippen LogP contribution is -2.47. The molecular formula is C13H22N2O6. The Morgan fingerprint density at radius 3 is 2.43 bits per heavy atom. The van der Waals surface area contributed by atoms with Crippen LogP contribution in [-0.4, -0.2) is 54.0 Å². The van der Waals surface area contributed by atoms with Crippen molar-refractivity contribution in [3.8, 4) is 0 Å². The number of carbonyl (C=O) groups excluding carboxylic acids is 1. The molecule has 0 bridgehead atoms. The van der Waals surface area contributed by atoms with Crippen molar-refractivity contribution in [1.82, 2.24) is 10.6 Å². The summed E-state index contributed by atoms with van der Waals surface area (Å²) in [6, 6.07) is -1.61. The van der Waals surface area contributed by atoms with Gasteiger partial charge >= 0.3 is 18.0 Å². The van der Waals surface area contributed by atoms with Gasteiger partial charge in [0.1, 0.15) is 6.04 Å². The van der Waals surface area contributed by atoms with Gasteiger partial charge in [-0.05, 0) is 31.6 Å². The van der Waals surface area contributed by atoms with E-state index in [1.165, 1.54) is 0 Å². The molecule has 0 spiro atoms. The average molecular weight is 302 g/mol. The summed E-state index contributed by atoms with van der Waals surface area (Å²) >= 11 is 0. The summed E-state index contributed by atoms with van der Waals surface area (Å²) in [6.07, 6.45) is 1.93. The Hall–Kier alpha value is -1.83. The van der Waals surface area contributed by atoms with E-state index in [0.29, 0.717) is 25.7 Å². The molecule has 1 saturated heterocycles. The minimum absolute atomic E-state index is 0.0896. The smallest absolute Gasteiger partial charge is 0.326 e. The van der Waals surface area contributed by atoms with Crippen LogP contribution in [0.2, 0.25) is 0 Å². The maximum atomic E-state index is 11.7. The molecule has 1 aliphatic heterocycles. The van der Waals surface area contributed by atoms with Crippen molar-refractivity contribution in [3.63, 3.8) is 0 Å². The largest absolute Gasteiger partial charge is 0.481 e. The predicted molar refractivity (Wildman–Crippen MR) is 73.0 cm³/mol. The lowest BCUT2D eigenvalue weighted by atomic mass is 10.0. The Kier molecular flexibility index (Phi) is 7.52. The fraction of sp³-hybridized carbons (Fsp3) is 0.769. The molecule has 8 nitrogen and oxygen atoms in total. The normalized spacial score (nSPS) is 17.0. The van der Waals surface area contributed by atoms with E-state index in [1.54, 1.807) is 0 Å². The zero-order valence-electron chi connectivity index (χ0n) is 11.8. The van der Waals surface area contributed by atoms with Gasteiger partial charge in [0.25, 0.3) is 0 Å². The number of aliphatic carboxylic acids is 2. The molecule has 1 rings (SSSR count). The number of urea groups is 1. The van der Waals surface area contributed by atoms with Crippen molar-refractivity contribution >= 4 is 18.0 Å². The summed E-state index contributed by atoms with van der Waals surface area (Å²) in [5, 5.41) is 22.5. The molecule has 0 saturated carbocycles. The highest BCUT2D eigenvalue weighted by atomic mass is 16.5. The quantitative estimate of drug-likeness (QED) is 0.515. The molecule has 4 N–H and O–H groups in total. The lowest BCUT2D eigenvalue weighted by molar-refractivity contribution is -0.140. The second kappa shape index (κ2) is 9.17. The second-order valence-electron chi connectivity index (χ2n) is 5.09. The van der Waals surface area contributed by atoms with E-state index in [-0.39, 0.29) is 19.3 Å². The average Bonchev–Trinajstić information content (AvgIpc) is 2.44. The van der Waals surface area contributed by atoms with Gasteiger partial charge in [-0.2, -0.15) is 0 Å². The van der Waals surface area contributed by atoms with Gasteiger partial charge in [-0.25, -0.2) is 9.59 Å². The number of carboxylic acid groups (broad SMARTS) is 2. The van der Waals surface area contributed by atoms with E-state index < -0.39 is 24.0 Å². The van der Waals surface area contributed by atoms with Gasteiger partial charge in [0.05, 0.1) is 0 Å². The van der Waals surface area contributed by atoms with Gasteiger partial charge in [0, 0.05) is 26.2 Å². The Balaban J connectivity index is 2.27. The fourth-order valence-corrected chi connectivity index (χ4v) is 2.11. The third kappa shape index (κ3) is 7.50. The summed E-state index contributed by atoms with van der Waals surface area (Å²) in [6.45, 7) is 1.85. The summed E-state index contributed by atoms with van der Waals surface area (Å²) in [4.78, 5) is 33.1. The highest BCUT2D eigenvalue weighted by molar-refractivity contribution is 5.82. The zero-order valence-corrected chi connectivity index (χ0v) is 11.8. The zero-order chi connectivity index (χ0) is 15.7. The van der Waals surface area contributed by atoms with Crippen LogP contribution in [0, 0.1) is 5.92 Å². The van der Waals surface area contributed by atoms with Gasteiger partial charge in [0.15, 0.2) is 0 Å². The van der Waals surface area contributed by atoms with Crippen molar-refractivity contribution < 1.29 is 29.3 Å². The van der Waals surface area contributed by atoms with Gasteiger partial charge in [0.2, 0.25) is 0 Å². The molecule has 0 unspecified atom stereocenters. The van der Waals surface area contributed by atoms with Crippen molar-refractivity contribution in [3.05, 3.63) is 0 Å². The summed E-state index contributed by atoms with van der Waals surface area (Å²) in [7, 11) is 0. The van der Waals surface area contributed by atoms with Crippen LogP contribution in [0.1, 0.15) is 32.1 Å². The summed E-state index contributed by atoms with van der Waals surface area (Å²) in [5.41, 5.74) is 0. The topological polar surface area (TPSA) is 125 Å². The molecule has 1 heterocycles. The Bertz CT molecular complexity index is 368. The minimum Gasteiger partial charge on any atom is -0.481 e. The van der Waals surface area contributed by atoms with Crippen LogP contribution in [0.15, 0.2) is 0 Å². The van der Waals surface area contributed by atoms with Crippen LogP contribution < -0.4 is 10.6 Å². The van der Waals surface area contributed by atoms with Crippen molar-refractivity contribution in [2.75, 3.05) is 19.8 Å².